The number of aliphatic hydroxyl groups excluding tert-OH is 1. The minimum Gasteiger partial charge on any atom is -0.393 e. The second kappa shape index (κ2) is 0.891. The van der Waals surface area contributed by atoms with E-state index in [2.05, 4.69) is 6.92 Å². The Morgan fingerprint density at radius 3 is 1.73 bits per heavy atom. The van der Waals surface area contributed by atoms with Crippen molar-refractivity contribution in [3.63, 3.8) is 0 Å². The van der Waals surface area contributed by atoms with Crippen molar-refractivity contribution in [1.29, 1.82) is 0 Å². The summed E-state index contributed by atoms with van der Waals surface area (Å²) in [4.78, 5) is 0. The van der Waals surface area contributed by atoms with E-state index in [0.717, 1.165) is 46.8 Å². The van der Waals surface area contributed by atoms with E-state index in [4.69, 9.17) is 0 Å². The molecule has 0 radical (unpaired) electrons. The first-order chi connectivity index (χ1) is 5.28. The van der Waals surface area contributed by atoms with Crippen LogP contribution in [-0.4, -0.2) is 11.2 Å². The first kappa shape index (κ1) is 4.86. The second-order valence-corrected chi connectivity index (χ2v) is 5.74. The van der Waals surface area contributed by atoms with Crippen LogP contribution in [0.25, 0.3) is 0 Å². The topological polar surface area (TPSA) is 20.2 Å². The smallest absolute Gasteiger partial charge is 0.0608 e. The first-order valence-electron chi connectivity index (χ1n) is 4.96. The minimum atomic E-state index is 0.145. The van der Waals surface area contributed by atoms with E-state index >= 15 is 0 Å². The van der Waals surface area contributed by atoms with Gasteiger partial charge in [0, 0.05) is 0 Å². The molecule has 1 heteroatoms. The van der Waals surface area contributed by atoms with Gasteiger partial charge in [-0.15, -0.1) is 0 Å². The molecule has 6 aliphatic carbocycles. The average molecular weight is 148 g/mol. The summed E-state index contributed by atoms with van der Waals surface area (Å²) in [5.41, 5.74) is 0.768. The Morgan fingerprint density at radius 1 is 0.909 bits per heavy atom. The van der Waals surface area contributed by atoms with Gasteiger partial charge < -0.3 is 5.11 Å². The average Bonchev–Trinajstić information content (AvgIpc) is 2.73. The van der Waals surface area contributed by atoms with Gasteiger partial charge in [-0.05, 0) is 46.8 Å². The van der Waals surface area contributed by atoms with Crippen LogP contribution in [0.4, 0.5) is 0 Å². The molecule has 0 aromatic heterocycles. The van der Waals surface area contributed by atoms with Crippen LogP contribution in [0.3, 0.4) is 0 Å². The van der Waals surface area contributed by atoms with Gasteiger partial charge in [0.05, 0.1) is 6.10 Å². The molecule has 0 aromatic rings. The van der Waals surface area contributed by atoms with E-state index in [0.29, 0.717) is 0 Å². The summed E-state index contributed by atoms with van der Waals surface area (Å²) < 4.78 is 0. The zero-order chi connectivity index (χ0) is 7.12. The molecule has 6 atom stereocenters. The molecule has 0 aliphatic heterocycles. The van der Waals surface area contributed by atoms with Crippen molar-refractivity contribution in [2.45, 2.75) is 13.0 Å². The van der Waals surface area contributed by atoms with Crippen LogP contribution in [-0.2, 0) is 0 Å². The second-order valence-electron chi connectivity index (χ2n) is 5.74. The lowest BCUT2D eigenvalue weighted by atomic mass is 9.99. The molecule has 0 spiro atoms. The van der Waals surface area contributed by atoms with Crippen LogP contribution in [0, 0.1) is 46.8 Å². The molecule has 0 heterocycles. The van der Waals surface area contributed by atoms with E-state index in [9.17, 15) is 5.11 Å². The SMILES string of the molecule is CC12C3[C@@H]4[C@@H]3[C@H]3C(O)[C@H]4[C@@H]1[C@@H]32. The molecular weight excluding hydrogens is 136 g/mol. The van der Waals surface area contributed by atoms with Crippen LogP contribution in [0.1, 0.15) is 6.92 Å². The maximum Gasteiger partial charge on any atom is 0.0608 e. The Morgan fingerprint density at radius 2 is 1.45 bits per heavy atom. The molecule has 11 heavy (non-hydrogen) atoms. The highest BCUT2D eigenvalue weighted by molar-refractivity contribution is 5.44. The van der Waals surface area contributed by atoms with E-state index in [1.165, 1.54) is 0 Å². The summed E-state index contributed by atoms with van der Waals surface area (Å²) in [7, 11) is 0. The van der Waals surface area contributed by atoms with E-state index in [1.54, 1.807) is 0 Å². The molecule has 1 N–H and O–H groups in total. The van der Waals surface area contributed by atoms with Crippen molar-refractivity contribution in [2.75, 3.05) is 0 Å². The van der Waals surface area contributed by atoms with E-state index in [1.807, 2.05) is 0 Å². The van der Waals surface area contributed by atoms with Crippen LogP contribution in [0.2, 0.25) is 0 Å². The third-order valence-corrected chi connectivity index (χ3v) is 6.07. The third kappa shape index (κ3) is 0.217. The minimum absolute atomic E-state index is 0.145. The van der Waals surface area contributed by atoms with Crippen molar-refractivity contribution in [1.82, 2.24) is 0 Å². The van der Waals surface area contributed by atoms with E-state index < -0.39 is 0 Å². The van der Waals surface area contributed by atoms with Gasteiger partial charge in [-0.1, -0.05) is 6.92 Å². The van der Waals surface area contributed by atoms with Gasteiger partial charge in [0.2, 0.25) is 0 Å². The maximum atomic E-state index is 9.86. The fourth-order valence-corrected chi connectivity index (χ4v) is 6.15. The van der Waals surface area contributed by atoms with E-state index in [-0.39, 0.29) is 6.10 Å². The van der Waals surface area contributed by atoms with Gasteiger partial charge in [0.15, 0.2) is 0 Å². The predicted octanol–water partition coefficient (Wildman–Crippen LogP) is 0.735. The van der Waals surface area contributed by atoms with Gasteiger partial charge in [-0.3, -0.25) is 0 Å². The summed E-state index contributed by atoms with van der Waals surface area (Å²) in [6.45, 7) is 2.49. The van der Waals surface area contributed by atoms with Crippen molar-refractivity contribution in [3.8, 4) is 0 Å². The molecule has 58 valence electrons. The molecule has 0 unspecified atom stereocenters. The lowest BCUT2D eigenvalue weighted by molar-refractivity contribution is 0.0978. The first-order valence-corrected chi connectivity index (χ1v) is 4.96. The lowest BCUT2D eigenvalue weighted by Crippen LogP contribution is -2.18. The fraction of sp³-hybridized carbons (Fsp3) is 1.00. The summed E-state index contributed by atoms with van der Waals surface area (Å²) in [6.07, 6.45) is 0.145. The molecule has 6 rings (SSSR count). The number of aliphatic hydroxyl groups is 1. The Hall–Kier alpha value is -0.0400. The maximum absolute atomic E-state index is 9.86. The molecule has 2 bridgehead atoms. The molecule has 0 amide bonds. The number of rotatable bonds is 0. The fourth-order valence-electron chi connectivity index (χ4n) is 6.15. The van der Waals surface area contributed by atoms with Crippen molar-refractivity contribution in [2.24, 2.45) is 46.8 Å². The van der Waals surface area contributed by atoms with Gasteiger partial charge in [0.1, 0.15) is 0 Å². The third-order valence-electron chi connectivity index (χ3n) is 6.07. The Labute approximate surface area is 65.8 Å². The molecular formula is C10H12O. The zero-order valence-electron chi connectivity index (χ0n) is 6.57. The molecule has 0 saturated heterocycles. The quantitative estimate of drug-likeness (QED) is 0.537. The highest BCUT2D eigenvalue weighted by Gasteiger charge is 2.98. The normalized spacial score (nSPS) is 96.5. The molecule has 1 nitrogen and oxygen atoms in total. The standard InChI is InChI=1S/C10H12O/c1-10-6-2-3(6)5-8(10)7(10)4(2)9(5)11/h2-9,11H,1H3/t2-,3-,4-,5-,6?,7-,8-,9?,10?/m1/s1. The molecule has 6 saturated carbocycles. The van der Waals surface area contributed by atoms with Crippen LogP contribution in [0.5, 0.6) is 0 Å². The Bertz CT molecular complexity index is 273. The number of hydrogen-bond donors (Lipinski definition) is 1. The highest BCUT2D eigenvalue weighted by Crippen LogP contribution is 2.99. The summed E-state index contributed by atoms with van der Waals surface area (Å²) in [6, 6.07) is 0. The van der Waals surface area contributed by atoms with Crippen molar-refractivity contribution in [3.05, 3.63) is 0 Å². The van der Waals surface area contributed by atoms with Gasteiger partial charge in [-0.25, -0.2) is 0 Å². The van der Waals surface area contributed by atoms with Gasteiger partial charge >= 0.3 is 0 Å². The summed E-state index contributed by atoms with van der Waals surface area (Å²) >= 11 is 0. The largest absolute Gasteiger partial charge is 0.393 e. The van der Waals surface area contributed by atoms with Crippen LogP contribution < -0.4 is 0 Å². The number of hydrogen-bond acceptors (Lipinski definition) is 1. The highest BCUT2D eigenvalue weighted by atomic mass is 16.3. The summed E-state index contributed by atoms with van der Waals surface area (Å²) in [5.74, 6) is 6.65. The monoisotopic (exact) mass is 148 g/mol. The van der Waals surface area contributed by atoms with Crippen LogP contribution >= 0.6 is 0 Å². The van der Waals surface area contributed by atoms with Crippen LogP contribution in [0.15, 0.2) is 0 Å². The molecule has 6 fully saturated rings. The summed E-state index contributed by atoms with van der Waals surface area (Å²) in [5, 5.41) is 9.86. The zero-order valence-corrected chi connectivity index (χ0v) is 6.57. The Balaban J connectivity index is 1.90. The molecule has 0 aromatic carbocycles. The Kier molecular flexibility index (Phi) is 0.393. The van der Waals surface area contributed by atoms with Gasteiger partial charge in [-0.2, -0.15) is 0 Å². The van der Waals surface area contributed by atoms with Crippen molar-refractivity contribution >= 4 is 0 Å². The van der Waals surface area contributed by atoms with Crippen molar-refractivity contribution < 1.29 is 5.11 Å². The predicted molar refractivity (Wildman–Crippen MR) is 38.5 cm³/mol. The lowest BCUT2D eigenvalue weighted by Gasteiger charge is -2.12. The molecule has 6 aliphatic rings. The van der Waals surface area contributed by atoms with Gasteiger partial charge in [0.25, 0.3) is 0 Å².